The molecule has 4 rings (SSSR count). The largest absolute Gasteiger partial charge is 0.324 e. The molecule has 4 atom stereocenters. The molecule has 0 saturated carbocycles. The standard InChI is InChI=1S/C23H31N3O3/c1-7-13-8-9-15-14(11-13)23(21(29)24-15)18-17(16(25-23)10-12(2)3)19(27)26(20(18)28)22(4,5)6/h8-9,11-12,16-18,25H,7,10H2,1-6H3,(H,24,29). The van der Waals surface area contributed by atoms with Crippen molar-refractivity contribution in [3.63, 3.8) is 0 Å². The van der Waals surface area contributed by atoms with Crippen LogP contribution in [-0.4, -0.2) is 34.2 Å². The molecule has 6 heteroatoms. The minimum Gasteiger partial charge on any atom is -0.324 e. The molecule has 2 saturated heterocycles. The van der Waals surface area contributed by atoms with Crippen LogP contribution in [0.2, 0.25) is 0 Å². The Bertz CT molecular complexity index is 901. The third-order valence-electron chi connectivity index (χ3n) is 6.58. The summed E-state index contributed by atoms with van der Waals surface area (Å²) in [5.74, 6) is -1.52. The lowest BCUT2D eigenvalue weighted by atomic mass is 9.75. The summed E-state index contributed by atoms with van der Waals surface area (Å²) in [5, 5.41) is 6.48. The average Bonchev–Trinajstić information content (AvgIpc) is 3.18. The predicted octanol–water partition coefficient (Wildman–Crippen LogP) is 2.81. The van der Waals surface area contributed by atoms with Crippen molar-refractivity contribution in [2.24, 2.45) is 17.8 Å². The minimum atomic E-state index is -1.18. The number of nitrogens with zero attached hydrogens (tertiary/aromatic N) is 1. The second-order valence-electron chi connectivity index (χ2n) is 10.1. The molecule has 3 amide bonds. The fraction of sp³-hybridized carbons (Fsp3) is 0.609. The van der Waals surface area contributed by atoms with E-state index >= 15 is 0 Å². The van der Waals surface area contributed by atoms with Crippen molar-refractivity contribution in [3.8, 4) is 0 Å². The third-order valence-corrected chi connectivity index (χ3v) is 6.58. The number of nitrogens with one attached hydrogen (secondary N) is 2. The molecule has 3 aliphatic heterocycles. The van der Waals surface area contributed by atoms with Crippen LogP contribution in [0.4, 0.5) is 5.69 Å². The lowest BCUT2D eigenvalue weighted by molar-refractivity contribution is -0.147. The van der Waals surface area contributed by atoms with Gasteiger partial charge in [0.1, 0.15) is 5.54 Å². The molecule has 1 spiro atoms. The Kier molecular flexibility index (Phi) is 4.43. The van der Waals surface area contributed by atoms with E-state index in [4.69, 9.17) is 0 Å². The minimum absolute atomic E-state index is 0.157. The van der Waals surface area contributed by atoms with Gasteiger partial charge in [0.2, 0.25) is 17.7 Å². The van der Waals surface area contributed by atoms with Gasteiger partial charge in [0.15, 0.2) is 0 Å². The maximum atomic E-state index is 13.6. The number of carbonyl (C=O) groups excluding carboxylic acids is 3. The van der Waals surface area contributed by atoms with Gasteiger partial charge >= 0.3 is 0 Å². The Balaban J connectivity index is 1.91. The molecule has 156 valence electrons. The van der Waals surface area contributed by atoms with Gasteiger partial charge in [-0.05, 0) is 51.2 Å². The molecule has 3 heterocycles. The number of imide groups is 1. The first-order valence-electron chi connectivity index (χ1n) is 10.6. The molecule has 1 aromatic carbocycles. The molecule has 3 aliphatic rings. The Morgan fingerprint density at radius 3 is 2.41 bits per heavy atom. The highest BCUT2D eigenvalue weighted by atomic mass is 16.2. The fourth-order valence-electron chi connectivity index (χ4n) is 5.44. The number of anilines is 1. The summed E-state index contributed by atoms with van der Waals surface area (Å²) in [6, 6.07) is 5.72. The third kappa shape index (κ3) is 2.68. The highest BCUT2D eigenvalue weighted by molar-refractivity contribution is 6.15. The van der Waals surface area contributed by atoms with E-state index in [-0.39, 0.29) is 23.8 Å². The number of hydrogen-bond acceptors (Lipinski definition) is 4. The topological polar surface area (TPSA) is 78.5 Å². The number of amides is 3. The molecule has 2 fully saturated rings. The number of benzene rings is 1. The van der Waals surface area contributed by atoms with Crippen LogP contribution in [0.25, 0.3) is 0 Å². The smallest absolute Gasteiger partial charge is 0.250 e. The van der Waals surface area contributed by atoms with Gasteiger partial charge in [-0.2, -0.15) is 0 Å². The molecular formula is C23H31N3O3. The second kappa shape index (κ2) is 6.39. The molecule has 0 bridgehead atoms. The van der Waals surface area contributed by atoms with Crippen molar-refractivity contribution in [1.82, 2.24) is 10.2 Å². The van der Waals surface area contributed by atoms with Crippen molar-refractivity contribution < 1.29 is 14.4 Å². The van der Waals surface area contributed by atoms with E-state index in [1.54, 1.807) is 0 Å². The molecule has 2 N–H and O–H groups in total. The summed E-state index contributed by atoms with van der Waals surface area (Å²) in [6.45, 7) is 11.9. The Hall–Kier alpha value is -2.21. The van der Waals surface area contributed by atoms with E-state index in [1.807, 2.05) is 39.0 Å². The molecule has 0 radical (unpaired) electrons. The zero-order valence-corrected chi connectivity index (χ0v) is 18.1. The Morgan fingerprint density at radius 2 is 1.83 bits per heavy atom. The fourth-order valence-corrected chi connectivity index (χ4v) is 5.44. The van der Waals surface area contributed by atoms with E-state index in [0.29, 0.717) is 5.92 Å². The zero-order chi connectivity index (χ0) is 21.3. The summed E-state index contributed by atoms with van der Waals surface area (Å²) >= 11 is 0. The van der Waals surface area contributed by atoms with Crippen LogP contribution >= 0.6 is 0 Å². The highest BCUT2D eigenvalue weighted by Gasteiger charge is 2.71. The van der Waals surface area contributed by atoms with Gasteiger partial charge in [-0.1, -0.05) is 32.9 Å². The molecule has 6 nitrogen and oxygen atoms in total. The Morgan fingerprint density at radius 1 is 1.14 bits per heavy atom. The van der Waals surface area contributed by atoms with Crippen molar-refractivity contribution in [1.29, 1.82) is 0 Å². The number of carbonyl (C=O) groups is 3. The summed E-state index contributed by atoms with van der Waals surface area (Å²) in [5.41, 5.74) is 0.843. The van der Waals surface area contributed by atoms with Crippen molar-refractivity contribution in [2.45, 2.75) is 71.5 Å². The van der Waals surface area contributed by atoms with E-state index < -0.39 is 22.9 Å². The molecular weight excluding hydrogens is 366 g/mol. The molecule has 0 aliphatic carbocycles. The number of likely N-dealkylation sites (tertiary alicyclic amines) is 1. The summed E-state index contributed by atoms with van der Waals surface area (Å²) < 4.78 is 0. The molecule has 4 unspecified atom stereocenters. The highest BCUT2D eigenvalue weighted by Crippen LogP contribution is 2.54. The maximum Gasteiger partial charge on any atom is 0.250 e. The monoisotopic (exact) mass is 397 g/mol. The first-order valence-corrected chi connectivity index (χ1v) is 10.6. The SMILES string of the molecule is CCc1ccc2c(c1)C1(NC(CC(C)C)C3C(=O)N(C(C)(C)C)C(=O)C31)C(=O)N2. The number of aryl methyl sites for hydroxylation is 1. The predicted molar refractivity (Wildman–Crippen MR) is 111 cm³/mol. The number of fused-ring (bicyclic) bond motifs is 4. The van der Waals surface area contributed by atoms with Crippen LogP contribution in [0.1, 0.15) is 59.1 Å². The van der Waals surface area contributed by atoms with Crippen LogP contribution in [-0.2, 0) is 26.3 Å². The van der Waals surface area contributed by atoms with Gasteiger partial charge in [-0.15, -0.1) is 0 Å². The maximum absolute atomic E-state index is 13.6. The number of rotatable bonds is 3. The summed E-state index contributed by atoms with van der Waals surface area (Å²) in [7, 11) is 0. The average molecular weight is 398 g/mol. The van der Waals surface area contributed by atoms with Crippen molar-refractivity contribution >= 4 is 23.4 Å². The van der Waals surface area contributed by atoms with Gasteiger partial charge in [0.05, 0.1) is 11.8 Å². The Labute approximate surface area is 172 Å². The van der Waals surface area contributed by atoms with Gasteiger partial charge in [0, 0.05) is 22.8 Å². The van der Waals surface area contributed by atoms with Crippen LogP contribution in [0, 0.1) is 17.8 Å². The van der Waals surface area contributed by atoms with Gasteiger partial charge < -0.3 is 5.32 Å². The molecule has 0 aromatic heterocycles. The van der Waals surface area contributed by atoms with Gasteiger partial charge in [-0.25, -0.2) is 0 Å². The normalized spacial score (nSPS) is 31.1. The van der Waals surface area contributed by atoms with Crippen molar-refractivity contribution in [3.05, 3.63) is 29.3 Å². The van der Waals surface area contributed by atoms with Crippen LogP contribution < -0.4 is 10.6 Å². The lowest BCUT2D eigenvalue weighted by Gasteiger charge is -2.35. The molecule has 1 aromatic rings. The van der Waals surface area contributed by atoms with E-state index in [9.17, 15) is 14.4 Å². The quantitative estimate of drug-likeness (QED) is 0.769. The van der Waals surface area contributed by atoms with Gasteiger partial charge in [0.25, 0.3) is 0 Å². The van der Waals surface area contributed by atoms with Crippen LogP contribution in [0.5, 0.6) is 0 Å². The van der Waals surface area contributed by atoms with Crippen LogP contribution in [0.15, 0.2) is 18.2 Å². The van der Waals surface area contributed by atoms with E-state index in [2.05, 4.69) is 31.4 Å². The first-order chi connectivity index (χ1) is 13.5. The zero-order valence-electron chi connectivity index (χ0n) is 18.1. The first kappa shape index (κ1) is 20.1. The van der Waals surface area contributed by atoms with E-state index in [1.165, 1.54) is 4.90 Å². The van der Waals surface area contributed by atoms with Crippen molar-refractivity contribution in [2.75, 3.05) is 5.32 Å². The van der Waals surface area contributed by atoms with E-state index in [0.717, 1.165) is 29.7 Å². The number of hydrogen-bond donors (Lipinski definition) is 2. The second-order valence-corrected chi connectivity index (χ2v) is 10.1. The lowest BCUT2D eigenvalue weighted by Crippen LogP contribution is -2.55. The summed E-state index contributed by atoms with van der Waals surface area (Å²) in [4.78, 5) is 41.9. The van der Waals surface area contributed by atoms with Crippen LogP contribution in [0.3, 0.4) is 0 Å². The molecule has 29 heavy (non-hydrogen) atoms. The summed E-state index contributed by atoms with van der Waals surface area (Å²) in [6.07, 6.45) is 1.57. The van der Waals surface area contributed by atoms with Gasteiger partial charge in [-0.3, -0.25) is 24.6 Å².